The predicted octanol–water partition coefficient (Wildman–Crippen LogP) is -0.984. The largest absolute Gasteiger partial charge is 0.508 e. The van der Waals surface area contributed by atoms with Crippen molar-refractivity contribution >= 4 is 131 Å². The first-order valence-corrected chi connectivity index (χ1v) is 43.8. The summed E-state index contributed by atoms with van der Waals surface area (Å²) in [5.41, 5.74) is 82.3. The number of carbonyl (C=O) groups is 13. The molecule has 3 aromatic carbocycles. The molecule has 5 aromatic rings. The Morgan fingerprint density at radius 1 is 0.447 bits per heavy atom. The monoisotopic (exact) mass is 1940 g/mol. The van der Waals surface area contributed by atoms with Gasteiger partial charge in [0.1, 0.15) is 84.3 Å². The summed E-state index contributed by atoms with van der Waals surface area (Å²) in [7, 11) is 0. The second-order valence-corrected chi connectivity index (χ2v) is 31.3. The topological polar surface area (TPSA) is 996 Å². The van der Waals surface area contributed by atoms with Crippen LogP contribution in [0.15, 0.2) is 97.6 Å². The van der Waals surface area contributed by atoms with Gasteiger partial charge in [-0.1, -0.05) is 115 Å². The lowest BCUT2D eigenvalue weighted by molar-refractivity contribution is -0.141. The molecule has 15 atom stereocenters. The van der Waals surface area contributed by atoms with E-state index >= 15 is 0 Å². The molecule has 5 rings (SSSR count). The Hall–Kier alpha value is -11.0. The highest BCUT2D eigenvalue weighted by molar-refractivity contribution is 7.98. The number of unbranched alkanes of at least 4 members (excludes halogenated alkanes) is 1. The molecule has 51 heteroatoms. The van der Waals surface area contributed by atoms with E-state index in [-0.39, 0.29) is 42.1 Å². The third-order valence-electron chi connectivity index (χ3n) is 16.5. The molecule has 0 spiro atoms. The molecule has 0 bridgehead atoms. The Morgan fingerprint density at radius 3 is 1.11 bits per heavy atom. The molecule has 132 heavy (non-hydrogen) atoms. The third-order valence-corrected chi connectivity index (χ3v) is 18.2. The van der Waals surface area contributed by atoms with Gasteiger partial charge in [-0.05, 0) is 148 Å². The van der Waals surface area contributed by atoms with Gasteiger partial charge in [0, 0.05) is 48.4 Å². The number of aliphatic carboxylic acids is 13. The van der Waals surface area contributed by atoms with Crippen LogP contribution in [-0.4, -0.2) is 303 Å². The van der Waals surface area contributed by atoms with Gasteiger partial charge >= 0.3 is 77.6 Å². The fourth-order valence-corrected chi connectivity index (χ4v) is 9.12. The summed E-state index contributed by atoms with van der Waals surface area (Å²) >= 11 is 6.86. The number of aromatic amines is 2. The summed E-state index contributed by atoms with van der Waals surface area (Å²) in [6.45, 7) is 13.6. The van der Waals surface area contributed by atoms with Crippen molar-refractivity contribution in [2.24, 2.45) is 104 Å². The number of phenolic OH excluding ortho intramolecular Hbond substituents is 1. The fraction of sp³-hybridized carbons (Fsp3) is 0.543. The lowest BCUT2D eigenvalue weighted by Crippen LogP contribution is -2.39. The maximum atomic E-state index is 10.6. The lowest BCUT2D eigenvalue weighted by Gasteiger charge is -2.11. The van der Waals surface area contributed by atoms with Crippen molar-refractivity contribution in [1.82, 2.24) is 20.3 Å². The van der Waals surface area contributed by atoms with Crippen molar-refractivity contribution in [2.75, 3.05) is 42.9 Å². The number of aliphatic hydroxyl groups excluding tert-OH is 1. The summed E-state index contributed by atoms with van der Waals surface area (Å²) in [6.07, 6.45) is 14.7. The molecule has 2 heterocycles. The van der Waals surface area contributed by atoms with Gasteiger partial charge < -0.3 is 178 Å². The molecule has 0 aliphatic carbocycles. The molecule has 0 fully saturated rings. The Balaban J connectivity index is -0.000000212. The van der Waals surface area contributed by atoms with Crippen LogP contribution in [0, 0.1) is 23.2 Å². The first-order valence-electron chi connectivity index (χ1n) is 40.4. The van der Waals surface area contributed by atoms with Gasteiger partial charge in [0.2, 0.25) is 0 Å². The summed E-state index contributed by atoms with van der Waals surface area (Å²) in [5.74, 6) is -10.3. The first kappa shape index (κ1) is 136. The van der Waals surface area contributed by atoms with E-state index in [0.717, 1.165) is 58.4 Å². The average Bonchev–Trinajstić information content (AvgIpc) is 1.69. The van der Waals surface area contributed by atoms with Crippen LogP contribution >= 0.6 is 36.2 Å². The number of thioether (sulfide) groups is 2. The van der Waals surface area contributed by atoms with Gasteiger partial charge in [-0.2, -0.15) is 36.2 Å². The number of rotatable bonds is 42. The highest BCUT2D eigenvalue weighted by atomic mass is 32.2. The number of nitrogens with two attached hydrogens (primary N) is 15. The number of guanidine groups is 1. The average molecular weight is 1940 g/mol. The SMILES string of the molecule is CC(C)C[C@H](N)C(=O)O.CC(C)[C@H](N)C(=O)O.CC[C@H](C)[C@H](N)C(=O)O.CSCC[C@H](N)C(=O)O.CSCC[C@H](N)C(=O)O.C[C@@H](O)[C@H](N)C(=O)O.N=C(N)NCCC[C@H](N)C(=O)O.NCCCC[C@H](N)C(=O)O.N[C@@H](CS)C(=O)O.N[C@@H](Cc1c[nH]c2ccccc12)C(=O)O.N[C@@H](Cc1c[nH]cn1)C(=O)O.N[C@@H](Cc1ccc(O)cc1)C(=O)O.N[C@@H](Cc1ccccc1)C(=O)O. The summed E-state index contributed by atoms with van der Waals surface area (Å²) < 4.78 is 0. The third kappa shape index (κ3) is 82.2. The number of aromatic hydroxyl groups is 1. The van der Waals surface area contributed by atoms with Gasteiger partial charge in [-0.25, -0.2) is 4.98 Å². The molecule has 48 nitrogen and oxygen atoms in total. The van der Waals surface area contributed by atoms with Crippen molar-refractivity contribution in [1.29, 1.82) is 5.41 Å². The quantitative estimate of drug-likeness (QED) is 0.00966. The van der Waals surface area contributed by atoms with Gasteiger partial charge in [-0.3, -0.25) is 67.7 Å². The zero-order chi connectivity index (χ0) is 104. The first-order chi connectivity index (χ1) is 61.2. The minimum atomic E-state index is -1.18. The molecule has 2 aromatic heterocycles. The van der Waals surface area contributed by atoms with Crippen LogP contribution < -0.4 is 91.3 Å². The molecule has 0 aliphatic heterocycles. The Morgan fingerprint density at radius 2 is 0.818 bits per heavy atom. The molecule has 0 saturated carbocycles. The number of carboxylic acid groups (broad SMARTS) is 13. The standard InChI is InChI=1S/C11H12N2O2.C9H11NO3.C9H11NO2.C6H14N4O2.C6H9N3O2.C6H14N2O2.2C6H13NO2.2C5H11NO2S.C5H11NO2.C4H9NO3.C3H7NO2S/c12-9(11(14)15)5-7-6-13-10-4-2-1-3-8(7)10;10-8(9(12)13)5-6-1-3-7(11)4-2-6;10-8(9(11)12)6-7-4-2-1-3-5-7;7-4(5(11)12)2-1-3-10-6(8)9;7-5(6(10)11)1-4-2-8-3-9-4;7-4-2-1-3-5(8)6(9)10;1-4(2)3-5(7)6(8)9;1-3-4(2)5(7)6(8)9;2*1-9-3-2-4(6)5(7)8;1-3(2)4(6)5(7)8;1-2(6)3(5)4(7)8;4-2(1-7)3(5)6/h1-4,6,9,13H,5,12H2,(H,14,15);1-4,8,11H,5,10H2,(H,12,13);1-5,8H,6,10H2,(H,11,12);4H,1-3,7H2,(H,11,12)(H4,8,9,10);2-3,5H,1,7H2,(H,8,9)(H,10,11);5H,1-4,7-8H2,(H,9,10);2*4-5H,3,7H2,1-2H3,(H,8,9);2*4H,2-3,6H2,1H3,(H,7,8);3-4H,6H2,1-2H3,(H,7,8);2-3,6H,5H2,1H3,(H,7,8);2,7H,1,4H2,(H,5,6)/t9-;2*8-;4-;3*5-;4-,5-;3*4-;2-,3+;2-/m0000000000010/s1. The van der Waals surface area contributed by atoms with Crippen LogP contribution in [0.3, 0.4) is 0 Å². The van der Waals surface area contributed by atoms with Crippen LogP contribution in [0.5, 0.6) is 5.75 Å². The number of hydrogen-bond acceptors (Lipinski definition) is 34. The summed E-state index contributed by atoms with van der Waals surface area (Å²) in [6, 6.07) is 13.0. The number of phenols is 1. The molecule has 0 saturated heterocycles. The van der Waals surface area contributed by atoms with Crippen molar-refractivity contribution in [2.45, 2.75) is 217 Å². The number of hydrogen-bond donors (Lipinski definition) is 35. The maximum Gasteiger partial charge on any atom is 0.323 e. The summed E-state index contributed by atoms with van der Waals surface area (Å²) in [5, 5.41) is 136. The van der Waals surface area contributed by atoms with Crippen LogP contribution in [0.1, 0.15) is 129 Å². The van der Waals surface area contributed by atoms with Crippen molar-refractivity contribution < 1.29 is 139 Å². The van der Waals surface area contributed by atoms with Gasteiger partial charge in [0.15, 0.2) is 5.96 Å². The molecule has 0 amide bonds. The van der Waals surface area contributed by atoms with Crippen molar-refractivity contribution in [3.8, 4) is 5.75 Å². The van der Waals surface area contributed by atoms with Gasteiger partial charge in [0.25, 0.3) is 0 Å². The van der Waals surface area contributed by atoms with E-state index in [1.54, 1.807) is 55.7 Å². The number of H-pyrrole nitrogens is 2. The van der Waals surface area contributed by atoms with E-state index in [2.05, 4.69) is 32.9 Å². The van der Waals surface area contributed by atoms with Crippen LogP contribution in [0.4, 0.5) is 0 Å². The smallest absolute Gasteiger partial charge is 0.323 e. The van der Waals surface area contributed by atoms with E-state index < -0.39 is 162 Å². The summed E-state index contributed by atoms with van der Waals surface area (Å²) in [4.78, 5) is 142. The normalized spacial score (nSPS) is 13.4. The number of nitrogens with zero attached hydrogens (tertiary/aromatic N) is 1. The number of para-hydroxylation sites is 1. The zero-order valence-corrected chi connectivity index (χ0v) is 78.2. The number of thiol groups is 1. The van der Waals surface area contributed by atoms with Crippen molar-refractivity contribution in [3.63, 3.8) is 0 Å². The second kappa shape index (κ2) is 83.1. The van der Waals surface area contributed by atoms with E-state index in [4.69, 9.17) is 168 Å². The molecule has 0 unspecified atom stereocenters. The molecule has 49 N–H and O–H groups in total. The highest BCUT2D eigenvalue weighted by Gasteiger charge is 2.21. The minimum absolute atomic E-state index is 0.0208. The second-order valence-electron chi connectivity index (χ2n) is 28.9. The van der Waals surface area contributed by atoms with E-state index in [0.29, 0.717) is 76.1 Å². The zero-order valence-electron chi connectivity index (χ0n) is 75.7. The van der Waals surface area contributed by atoms with E-state index in [1.807, 2.05) is 101 Å². The van der Waals surface area contributed by atoms with Gasteiger partial charge in [0.05, 0.1) is 18.1 Å². The molecule has 756 valence electrons. The molecular weight excluding hydrogens is 1800 g/mol. The number of aromatic nitrogens is 3. The molecule has 0 radical (unpaired) electrons. The Kier molecular flexibility index (Phi) is 86.0. The number of aliphatic hydroxyl groups is 1. The van der Waals surface area contributed by atoms with Crippen LogP contribution in [0.25, 0.3) is 10.9 Å². The van der Waals surface area contributed by atoms with Crippen molar-refractivity contribution in [3.05, 3.63) is 120 Å². The highest BCUT2D eigenvalue weighted by Crippen LogP contribution is 2.19. The Bertz CT molecular complexity index is 3920. The maximum absolute atomic E-state index is 10.6. The van der Waals surface area contributed by atoms with Gasteiger partial charge in [-0.15, -0.1) is 0 Å². The number of nitrogens with one attached hydrogen (secondary N) is 4. The predicted molar refractivity (Wildman–Crippen MR) is 507 cm³/mol. The molecular formula is C81H146N20O28S3. The van der Waals surface area contributed by atoms with E-state index in [9.17, 15) is 62.3 Å². The minimum Gasteiger partial charge on any atom is -0.508 e. The fourth-order valence-electron chi connectivity index (χ4n) is 7.98. The lowest BCUT2D eigenvalue weighted by atomic mass is 10.0. The Labute approximate surface area is 780 Å². The molecule has 0 aliphatic rings. The number of fused-ring (bicyclic) bond motifs is 1. The van der Waals surface area contributed by atoms with Crippen LogP contribution in [-0.2, 0) is 88.0 Å². The number of benzene rings is 3. The van der Waals surface area contributed by atoms with Crippen LogP contribution in [0.2, 0.25) is 0 Å². The number of imidazole rings is 1. The van der Waals surface area contributed by atoms with E-state index in [1.165, 1.54) is 25.4 Å². The number of carboxylic acids is 13.